The van der Waals surface area contributed by atoms with Crippen LogP contribution in [-0.2, 0) is 16.6 Å². The largest absolute Gasteiger partial charge is 0.507 e. The summed E-state index contributed by atoms with van der Waals surface area (Å²) in [4.78, 5) is 28.7. The molecule has 6 heteroatoms. The number of aliphatic hydroxyl groups excluding tert-OH is 1. The van der Waals surface area contributed by atoms with E-state index < -0.39 is 17.7 Å². The van der Waals surface area contributed by atoms with Crippen LogP contribution in [0.4, 0.5) is 5.69 Å². The van der Waals surface area contributed by atoms with E-state index in [1.165, 1.54) is 4.90 Å². The van der Waals surface area contributed by atoms with Crippen molar-refractivity contribution in [3.63, 3.8) is 0 Å². The van der Waals surface area contributed by atoms with Crippen LogP contribution < -0.4 is 9.64 Å². The number of ketones is 1. The molecule has 0 aliphatic carbocycles. The summed E-state index contributed by atoms with van der Waals surface area (Å²) in [6, 6.07) is 18.1. The number of Topliss-reactive ketones (excluding diaryl/α,β-unsaturated/α-hetero) is 1. The molecule has 2 heterocycles. The molecule has 1 atom stereocenters. The quantitative estimate of drug-likeness (QED) is 0.206. The molecule has 188 valence electrons. The first-order valence-corrected chi connectivity index (χ1v) is 12.4. The zero-order valence-corrected chi connectivity index (χ0v) is 21.7. The van der Waals surface area contributed by atoms with Gasteiger partial charge in [-0.05, 0) is 80.8 Å². The van der Waals surface area contributed by atoms with Gasteiger partial charge in [-0.15, -0.1) is 0 Å². The first-order chi connectivity index (χ1) is 17.7. The summed E-state index contributed by atoms with van der Waals surface area (Å²) in [7, 11) is 1.93. The van der Waals surface area contributed by atoms with Gasteiger partial charge in [-0.25, -0.2) is 0 Å². The molecular weight excluding hydrogens is 464 g/mol. The number of aliphatic hydroxyl groups is 1. The van der Waals surface area contributed by atoms with Gasteiger partial charge in [-0.3, -0.25) is 14.5 Å². The van der Waals surface area contributed by atoms with Gasteiger partial charge in [0.1, 0.15) is 11.5 Å². The second-order valence-electron chi connectivity index (χ2n) is 9.56. The number of aryl methyl sites for hydroxylation is 4. The van der Waals surface area contributed by atoms with Crippen molar-refractivity contribution < 1.29 is 19.4 Å². The monoisotopic (exact) mass is 494 g/mol. The zero-order chi connectivity index (χ0) is 26.4. The average Bonchev–Trinajstić information content (AvgIpc) is 3.35. The Balaban J connectivity index is 1.77. The van der Waals surface area contributed by atoms with E-state index >= 15 is 0 Å². The molecule has 1 N–H and O–H groups in total. The molecule has 1 amide bonds. The third-order valence-corrected chi connectivity index (χ3v) is 7.18. The van der Waals surface area contributed by atoms with E-state index in [0.29, 0.717) is 23.6 Å². The highest BCUT2D eigenvalue weighted by Crippen LogP contribution is 2.45. The van der Waals surface area contributed by atoms with Crippen LogP contribution in [0.2, 0.25) is 0 Å². The number of rotatable bonds is 5. The number of carbonyl (C=O) groups is 2. The fraction of sp³-hybridized carbons (Fsp3) is 0.226. The van der Waals surface area contributed by atoms with Crippen LogP contribution in [-0.4, -0.2) is 28.0 Å². The number of fused-ring (bicyclic) bond motifs is 1. The predicted octanol–water partition coefficient (Wildman–Crippen LogP) is 6.13. The Bertz CT molecular complexity index is 1590. The fourth-order valence-corrected chi connectivity index (χ4v) is 5.13. The first-order valence-electron chi connectivity index (χ1n) is 12.4. The summed E-state index contributed by atoms with van der Waals surface area (Å²) in [5, 5.41) is 12.5. The molecule has 4 aromatic rings. The van der Waals surface area contributed by atoms with Crippen LogP contribution in [0.5, 0.6) is 5.75 Å². The van der Waals surface area contributed by atoms with Gasteiger partial charge in [-0.1, -0.05) is 24.3 Å². The molecule has 1 unspecified atom stereocenters. The molecular formula is C31H30N2O4. The lowest BCUT2D eigenvalue weighted by atomic mass is 9.94. The number of ether oxygens (including phenoxy) is 1. The van der Waals surface area contributed by atoms with E-state index in [-0.39, 0.29) is 11.3 Å². The lowest BCUT2D eigenvalue weighted by Gasteiger charge is -2.25. The molecule has 6 nitrogen and oxygen atoms in total. The molecule has 1 fully saturated rings. The van der Waals surface area contributed by atoms with Crippen molar-refractivity contribution >= 4 is 34.0 Å². The Hall–Kier alpha value is -4.32. The smallest absolute Gasteiger partial charge is 0.300 e. The Morgan fingerprint density at radius 2 is 1.70 bits per heavy atom. The van der Waals surface area contributed by atoms with Crippen LogP contribution in [0.3, 0.4) is 0 Å². The van der Waals surface area contributed by atoms with Gasteiger partial charge in [0.05, 0.1) is 18.2 Å². The molecule has 1 aliphatic heterocycles. The van der Waals surface area contributed by atoms with Crippen molar-refractivity contribution in [1.82, 2.24) is 4.57 Å². The van der Waals surface area contributed by atoms with Crippen molar-refractivity contribution in [3.8, 4) is 5.75 Å². The fourth-order valence-electron chi connectivity index (χ4n) is 5.13. The van der Waals surface area contributed by atoms with E-state index in [1.807, 2.05) is 88.0 Å². The Morgan fingerprint density at radius 1 is 0.946 bits per heavy atom. The second-order valence-corrected chi connectivity index (χ2v) is 9.56. The highest BCUT2D eigenvalue weighted by atomic mass is 16.5. The number of anilines is 1. The maximum absolute atomic E-state index is 13.6. The van der Waals surface area contributed by atoms with E-state index in [4.69, 9.17) is 4.74 Å². The summed E-state index contributed by atoms with van der Waals surface area (Å²) in [6.45, 7) is 8.30. The SMILES string of the molecule is CCOc1ccc(/C(O)=C2\C(=O)C(=O)N(c3ccc(C)c(C)c3)C2c2cn(C)c3ccccc23)cc1C. The van der Waals surface area contributed by atoms with E-state index in [0.717, 1.165) is 33.2 Å². The molecule has 1 aromatic heterocycles. The third-order valence-electron chi connectivity index (χ3n) is 7.18. The van der Waals surface area contributed by atoms with E-state index in [9.17, 15) is 14.7 Å². The van der Waals surface area contributed by atoms with Gasteiger partial charge in [0.2, 0.25) is 0 Å². The molecule has 37 heavy (non-hydrogen) atoms. The van der Waals surface area contributed by atoms with Crippen molar-refractivity contribution in [2.75, 3.05) is 11.5 Å². The first kappa shape index (κ1) is 24.4. The number of para-hydroxylation sites is 1. The van der Waals surface area contributed by atoms with Gasteiger partial charge in [-0.2, -0.15) is 0 Å². The maximum atomic E-state index is 13.6. The van der Waals surface area contributed by atoms with Crippen LogP contribution in [0.1, 0.15) is 40.8 Å². The molecule has 1 saturated heterocycles. The van der Waals surface area contributed by atoms with Gasteiger partial charge >= 0.3 is 0 Å². The van der Waals surface area contributed by atoms with Crippen molar-refractivity contribution in [3.05, 3.63) is 100 Å². The van der Waals surface area contributed by atoms with E-state index in [1.54, 1.807) is 18.2 Å². The number of hydrogen-bond donors (Lipinski definition) is 1. The molecule has 0 saturated carbocycles. The molecule has 3 aromatic carbocycles. The Kier molecular flexibility index (Phi) is 6.12. The summed E-state index contributed by atoms with van der Waals surface area (Å²) in [5.74, 6) is -0.861. The van der Waals surface area contributed by atoms with Gasteiger partial charge in [0.25, 0.3) is 11.7 Å². The summed E-state index contributed by atoms with van der Waals surface area (Å²) >= 11 is 0. The maximum Gasteiger partial charge on any atom is 0.300 e. The van der Waals surface area contributed by atoms with Crippen LogP contribution in [0.15, 0.2) is 72.4 Å². The topological polar surface area (TPSA) is 71.8 Å². The van der Waals surface area contributed by atoms with Gasteiger partial charge in [0.15, 0.2) is 0 Å². The van der Waals surface area contributed by atoms with Gasteiger partial charge < -0.3 is 14.4 Å². The average molecular weight is 495 g/mol. The minimum absolute atomic E-state index is 0.0724. The zero-order valence-electron chi connectivity index (χ0n) is 21.7. The number of carbonyl (C=O) groups excluding carboxylic acids is 2. The Labute approximate surface area is 216 Å². The molecule has 0 spiro atoms. The minimum Gasteiger partial charge on any atom is -0.507 e. The third kappa shape index (κ3) is 3.99. The molecule has 0 radical (unpaired) electrons. The van der Waals surface area contributed by atoms with Crippen LogP contribution >= 0.6 is 0 Å². The number of aromatic nitrogens is 1. The lowest BCUT2D eigenvalue weighted by molar-refractivity contribution is -0.132. The predicted molar refractivity (Wildman–Crippen MR) is 146 cm³/mol. The van der Waals surface area contributed by atoms with Gasteiger partial charge in [0, 0.05) is 41.0 Å². The van der Waals surface area contributed by atoms with Crippen LogP contribution in [0.25, 0.3) is 16.7 Å². The summed E-state index contributed by atoms with van der Waals surface area (Å²) in [5.41, 5.74) is 5.83. The number of amides is 1. The second kappa shape index (κ2) is 9.28. The molecule has 1 aliphatic rings. The standard InChI is InChI=1S/C31H30N2O4/c1-6-37-26-14-12-21(15-20(26)4)29(34)27-28(24-17-32(5)25-10-8-7-9-23(24)25)33(31(36)30(27)35)22-13-11-18(2)19(3)16-22/h7-17,28,34H,6H2,1-5H3/b29-27+. The number of hydrogen-bond acceptors (Lipinski definition) is 4. The van der Waals surface area contributed by atoms with Crippen molar-refractivity contribution in [1.29, 1.82) is 0 Å². The summed E-state index contributed by atoms with van der Waals surface area (Å²) < 4.78 is 7.62. The van der Waals surface area contributed by atoms with E-state index in [2.05, 4.69) is 0 Å². The highest BCUT2D eigenvalue weighted by molar-refractivity contribution is 6.52. The number of benzene rings is 3. The number of nitrogens with zero attached hydrogens (tertiary/aromatic N) is 2. The molecule has 5 rings (SSSR count). The minimum atomic E-state index is -0.792. The highest BCUT2D eigenvalue weighted by Gasteiger charge is 2.48. The molecule has 0 bridgehead atoms. The Morgan fingerprint density at radius 3 is 2.41 bits per heavy atom. The lowest BCUT2D eigenvalue weighted by Crippen LogP contribution is -2.29. The van der Waals surface area contributed by atoms with Crippen LogP contribution in [0, 0.1) is 20.8 Å². The normalized spacial score (nSPS) is 17.1. The summed E-state index contributed by atoms with van der Waals surface area (Å²) in [6.07, 6.45) is 1.94. The van der Waals surface area contributed by atoms with Crippen molar-refractivity contribution in [2.24, 2.45) is 7.05 Å². The van der Waals surface area contributed by atoms with Crippen molar-refractivity contribution in [2.45, 2.75) is 33.7 Å².